The van der Waals surface area contributed by atoms with E-state index in [2.05, 4.69) is 0 Å². The number of methoxy groups -OCH3 is 1. The van der Waals surface area contributed by atoms with Crippen LogP contribution in [0, 0.1) is 17.0 Å². The smallest absolute Gasteiger partial charge is 0.274 e. The Hall–Kier alpha value is -1.29. The molecule has 13 heavy (non-hydrogen) atoms. The standard InChI is InChI=1S/C8H8ClNO3/c1-5-7(9)3-6(10(11)12)4-8(5)13-2/h3-4H,1-2H3. The van der Waals surface area contributed by atoms with Gasteiger partial charge in [0.25, 0.3) is 5.69 Å². The highest BCUT2D eigenvalue weighted by Gasteiger charge is 2.12. The number of nitrogens with zero attached hydrogens (tertiary/aromatic N) is 1. The summed E-state index contributed by atoms with van der Waals surface area (Å²) in [5, 5.41) is 10.8. The van der Waals surface area contributed by atoms with Crippen molar-refractivity contribution in [2.75, 3.05) is 7.11 Å². The molecule has 0 heterocycles. The number of non-ortho nitro benzene ring substituents is 1. The lowest BCUT2D eigenvalue weighted by atomic mass is 10.2. The van der Waals surface area contributed by atoms with Gasteiger partial charge in [0.15, 0.2) is 0 Å². The molecule has 1 rings (SSSR count). The molecule has 0 unspecified atom stereocenters. The molecule has 0 aromatic heterocycles. The number of ether oxygens (including phenoxy) is 1. The molecule has 1 aromatic rings. The number of rotatable bonds is 2. The van der Waals surface area contributed by atoms with Crippen molar-refractivity contribution in [1.82, 2.24) is 0 Å². The van der Waals surface area contributed by atoms with Gasteiger partial charge in [-0.25, -0.2) is 0 Å². The molecular formula is C8H8ClNO3. The average molecular weight is 202 g/mol. The lowest BCUT2D eigenvalue weighted by Gasteiger charge is -2.05. The Morgan fingerprint density at radius 1 is 1.54 bits per heavy atom. The highest BCUT2D eigenvalue weighted by molar-refractivity contribution is 6.31. The van der Waals surface area contributed by atoms with E-state index in [1.165, 1.54) is 19.2 Å². The van der Waals surface area contributed by atoms with Crippen molar-refractivity contribution in [2.24, 2.45) is 0 Å². The summed E-state index contributed by atoms with van der Waals surface area (Å²) in [6.07, 6.45) is 0. The molecule has 0 spiro atoms. The second-order valence-corrected chi connectivity index (χ2v) is 2.92. The molecule has 5 heteroatoms. The van der Waals surface area contributed by atoms with Gasteiger partial charge >= 0.3 is 0 Å². The summed E-state index contributed by atoms with van der Waals surface area (Å²) < 4.78 is 4.93. The zero-order valence-corrected chi connectivity index (χ0v) is 7.96. The second-order valence-electron chi connectivity index (χ2n) is 2.51. The van der Waals surface area contributed by atoms with Crippen molar-refractivity contribution in [3.05, 3.63) is 32.8 Å². The van der Waals surface area contributed by atoms with Crippen molar-refractivity contribution in [2.45, 2.75) is 6.92 Å². The molecule has 0 saturated carbocycles. The van der Waals surface area contributed by atoms with Gasteiger partial charge in [-0.2, -0.15) is 0 Å². The van der Waals surface area contributed by atoms with E-state index in [4.69, 9.17) is 16.3 Å². The summed E-state index contributed by atoms with van der Waals surface area (Å²) >= 11 is 5.76. The molecular weight excluding hydrogens is 194 g/mol. The summed E-state index contributed by atoms with van der Waals surface area (Å²) in [7, 11) is 1.45. The first-order valence-electron chi connectivity index (χ1n) is 3.54. The Bertz CT molecular complexity index is 351. The topological polar surface area (TPSA) is 52.4 Å². The molecule has 0 bridgehead atoms. The van der Waals surface area contributed by atoms with Crippen LogP contribution in [0.5, 0.6) is 5.75 Å². The number of halogens is 1. The van der Waals surface area contributed by atoms with E-state index in [1.54, 1.807) is 6.92 Å². The number of nitro benzene ring substituents is 1. The van der Waals surface area contributed by atoms with Crippen LogP contribution < -0.4 is 4.74 Å². The van der Waals surface area contributed by atoms with Crippen molar-refractivity contribution in [1.29, 1.82) is 0 Å². The normalized spacial score (nSPS) is 9.77. The maximum Gasteiger partial charge on any atom is 0.274 e. The van der Waals surface area contributed by atoms with Crippen LogP contribution in [0.25, 0.3) is 0 Å². The fraction of sp³-hybridized carbons (Fsp3) is 0.250. The van der Waals surface area contributed by atoms with Crippen LogP contribution in [-0.4, -0.2) is 12.0 Å². The van der Waals surface area contributed by atoms with Gasteiger partial charge in [0.05, 0.1) is 23.1 Å². The zero-order valence-electron chi connectivity index (χ0n) is 7.20. The maximum atomic E-state index is 10.4. The van der Waals surface area contributed by atoms with Gasteiger partial charge in [0, 0.05) is 11.6 Å². The number of hydrogen-bond donors (Lipinski definition) is 0. The van der Waals surface area contributed by atoms with Gasteiger partial charge < -0.3 is 4.74 Å². The summed E-state index contributed by atoms with van der Waals surface area (Å²) in [4.78, 5) is 9.92. The molecule has 0 atom stereocenters. The quantitative estimate of drug-likeness (QED) is 0.546. The minimum absolute atomic E-state index is 0.0625. The molecule has 0 aliphatic carbocycles. The molecule has 0 amide bonds. The minimum Gasteiger partial charge on any atom is -0.496 e. The van der Waals surface area contributed by atoms with E-state index in [-0.39, 0.29) is 5.69 Å². The third-order valence-corrected chi connectivity index (χ3v) is 2.10. The van der Waals surface area contributed by atoms with Crippen LogP contribution in [0.2, 0.25) is 5.02 Å². The molecule has 0 aliphatic rings. The summed E-state index contributed by atoms with van der Waals surface area (Å²) in [6, 6.07) is 2.65. The van der Waals surface area contributed by atoms with Gasteiger partial charge in [-0.05, 0) is 6.92 Å². The molecule has 0 aliphatic heterocycles. The lowest BCUT2D eigenvalue weighted by Crippen LogP contribution is -1.92. The molecule has 70 valence electrons. The Balaban J connectivity index is 3.30. The fourth-order valence-electron chi connectivity index (χ4n) is 0.957. The van der Waals surface area contributed by atoms with Gasteiger partial charge in [-0.15, -0.1) is 0 Å². The molecule has 0 radical (unpaired) electrons. The predicted molar refractivity (Wildman–Crippen MR) is 49.4 cm³/mol. The van der Waals surface area contributed by atoms with E-state index in [1.807, 2.05) is 0 Å². The number of hydrogen-bond acceptors (Lipinski definition) is 3. The van der Waals surface area contributed by atoms with Gasteiger partial charge in [-0.3, -0.25) is 10.1 Å². The summed E-state index contributed by atoms with van der Waals surface area (Å²) in [5.74, 6) is 0.430. The Morgan fingerprint density at radius 3 is 2.62 bits per heavy atom. The highest BCUT2D eigenvalue weighted by Crippen LogP contribution is 2.30. The SMILES string of the molecule is COc1cc([N+](=O)[O-])cc(Cl)c1C. The largest absolute Gasteiger partial charge is 0.496 e. The molecule has 0 saturated heterocycles. The van der Waals surface area contributed by atoms with Crippen LogP contribution in [0.4, 0.5) is 5.69 Å². The molecule has 4 nitrogen and oxygen atoms in total. The second kappa shape index (κ2) is 3.62. The highest BCUT2D eigenvalue weighted by atomic mass is 35.5. The third kappa shape index (κ3) is 1.89. The van der Waals surface area contributed by atoms with E-state index in [0.29, 0.717) is 16.3 Å². The minimum atomic E-state index is -0.506. The van der Waals surface area contributed by atoms with E-state index < -0.39 is 4.92 Å². The average Bonchev–Trinajstić information content (AvgIpc) is 2.09. The van der Waals surface area contributed by atoms with Gasteiger partial charge in [-0.1, -0.05) is 11.6 Å². The molecule has 0 N–H and O–H groups in total. The molecule has 1 aromatic carbocycles. The summed E-state index contributed by atoms with van der Waals surface area (Å²) in [5.41, 5.74) is 0.641. The van der Waals surface area contributed by atoms with Gasteiger partial charge in [0.1, 0.15) is 5.75 Å². The zero-order chi connectivity index (χ0) is 10.0. The number of nitro groups is 1. The van der Waals surface area contributed by atoms with Crippen molar-refractivity contribution < 1.29 is 9.66 Å². The van der Waals surface area contributed by atoms with E-state index >= 15 is 0 Å². The number of benzene rings is 1. The van der Waals surface area contributed by atoms with Crippen LogP contribution in [0.15, 0.2) is 12.1 Å². The van der Waals surface area contributed by atoms with Gasteiger partial charge in [0.2, 0.25) is 0 Å². The van der Waals surface area contributed by atoms with Crippen LogP contribution in [-0.2, 0) is 0 Å². The molecule has 0 fully saturated rings. The Morgan fingerprint density at radius 2 is 2.15 bits per heavy atom. The van der Waals surface area contributed by atoms with E-state index in [0.717, 1.165) is 0 Å². The van der Waals surface area contributed by atoms with E-state index in [9.17, 15) is 10.1 Å². The Kier molecular flexibility index (Phi) is 2.72. The lowest BCUT2D eigenvalue weighted by molar-refractivity contribution is -0.384. The first-order valence-corrected chi connectivity index (χ1v) is 3.92. The van der Waals surface area contributed by atoms with Crippen molar-refractivity contribution >= 4 is 17.3 Å². The van der Waals surface area contributed by atoms with Crippen molar-refractivity contribution in [3.8, 4) is 5.75 Å². The Labute approximate surface area is 80.2 Å². The predicted octanol–water partition coefficient (Wildman–Crippen LogP) is 2.57. The monoisotopic (exact) mass is 201 g/mol. The first-order chi connectivity index (χ1) is 6.06. The maximum absolute atomic E-state index is 10.4. The summed E-state index contributed by atoms with van der Waals surface area (Å²) in [6.45, 7) is 1.74. The first kappa shape index (κ1) is 9.80. The fourth-order valence-corrected chi connectivity index (χ4v) is 1.16. The van der Waals surface area contributed by atoms with Crippen LogP contribution >= 0.6 is 11.6 Å². The van der Waals surface area contributed by atoms with Crippen LogP contribution in [0.3, 0.4) is 0 Å². The third-order valence-electron chi connectivity index (χ3n) is 1.71. The van der Waals surface area contributed by atoms with Crippen LogP contribution in [0.1, 0.15) is 5.56 Å². The van der Waals surface area contributed by atoms with Crippen molar-refractivity contribution in [3.63, 3.8) is 0 Å².